The molecule has 20 heavy (non-hydrogen) atoms. The normalized spacial score (nSPS) is 24.6. The minimum Gasteiger partial charge on any atom is -0.289 e. The van der Waals surface area contributed by atoms with Crippen molar-refractivity contribution in [2.75, 3.05) is 0 Å². The molecule has 0 aromatic carbocycles. The maximum absolute atomic E-state index is 4.65. The summed E-state index contributed by atoms with van der Waals surface area (Å²) in [6.07, 6.45) is 9.37. The zero-order chi connectivity index (χ0) is 13.5. The van der Waals surface area contributed by atoms with E-state index in [0.29, 0.717) is 12.1 Å². The highest BCUT2D eigenvalue weighted by atomic mass is 15.2. The first-order valence-electron chi connectivity index (χ1n) is 7.28. The Balaban J connectivity index is 1.66. The lowest BCUT2D eigenvalue weighted by atomic mass is 9.98. The van der Waals surface area contributed by atoms with Gasteiger partial charge in [0.2, 0.25) is 0 Å². The molecule has 102 valence electrons. The van der Waals surface area contributed by atoms with Gasteiger partial charge in [-0.2, -0.15) is 0 Å². The number of hydrogen-bond donors (Lipinski definition) is 0. The Bertz CT molecular complexity index is 626. The first-order valence-corrected chi connectivity index (χ1v) is 7.28. The maximum Gasteiger partial charge on any atom is 0.125 e. The molecule has 0 saturated carbocycles. The second-order valence-corrected chi connectivity index (χ2v) is 5.80. The molecule has 0 unspecified atom stereocenters. The Morgan fingerprint density at radius 1 is 1.25 bits per heavy atom. The Morgan fingerprint density at radius 2 is 2.10 bits per heavy atom. The molecule has 2 bridgehead atoms. The van der Waals surface area contributed by atoms with Gasteiger partial charge in [0.15, 0.2) is 0 Å². The van der Waals surface area contributed by atoms with Crippen molar-refractivity contribution >= 4 is 0 Å². The van der Waals surface area contributed by atoms with Crippen molar-refractivity contribution in [3.05, 3.63) is 53.4 Å². The number of hydrogen-bond acceptors (Lipinski definition) is 4. The average molecular weight is 266 g/mol. The van der Waals surface area contributed by atoms with Gasteiger partial charge in [0.1, 0.15) is 5.82 Å². The molecular weight excluding hydrogens is 248 g/mol. The van der Waals surface area contributed by atoms with Gasteiger partial charge >= 0.3 is 0 Å². The van der Waals surface area contributed by atoms with Crippen molar-refractivity contribution in [2.45, 2.75) is 44.8 Å². The second kappa shape index (κ2) is 4.63. The van der Waals surface area contributed by atoms with E-state index in [-0.39, 0.29) is 0 Å². The Morgan fingerprint density at radius 3 is 2.95 bits per heavy atom. The lowest BCUT2D eigenvalue weighted by molar-refractivity contribution is 0.166. The van der Waals surface area contributed by atoms with Gasteiger partial charge in [-0.25, -0.2) is 9.97 Å². The van der Waals surface area contributed by atoms with Crippen molar-refractivity contribution in [3.8, 4) is 0 Å². The van der Waals surface area contributed by atoms with E-state index < -0.39 is 0 Å². The Kier molecular flexibility index (Phi) is 2.77. The van der Waals surface area contributed by atoms with E-state index in [1.54, 1.807) is 0 Å². The van der Waals surface area contributed by atoms with Gasteiger partial charge in [0.25, 0.3) is 0 Å². The van der Waals surface area contributed by atoms with Crippen molar-refractivity contribution in [2.24, 2.45) is 0 Å². The van der Waals surface area contributed by atoms with Crippen molar-refractivity contribution in [1.82, 2.24) is 19.9 Å². The summed E-state index contributed by atoms with van der Waals surface area (Å²) in [7, 11) is 0. The van der Waals surface area contributed by atoms with Crippen molar-refractivity contribution in [1.29, 1.82) is 0 Å². The highest BCUT2D eigenvalue weighted by Crippen LogP contribution is 2.43. The largest absolute Gasteiger partial charge is 0.289 e. The molecule has 4 rings (SSSR count). The first-order chi connectivity index (χ1) is 9.81. The fraction of sp³-hybridized carbons (Fsp3) is 0.438. The van der Waals surface area contributed by atoms with E-state index in [2.05, 4.69) is 32.0 Å². The third kappa shape index (κ3) is 1.91. The third-order valence-corrected chi connectivity index (χ3v) is 4.57. The molecule has 1 fully saturated rings. The number of rotatable bonds is 2. The zero-order valence-electron chi connectivity index (χ0n) is 11.7. The highest BCUT2D eigenvalue weighted by Gasteiger charge is 2.40. The van der Waals surface area contributed by atoms with E-state index in [4.69, 9.17) is 0 Å². The maximum atomic E-state index is 4.65. The number of nitrogens with zero attached hydrogens (tertiary/aromatic N) is 4. The minimum atomic E-state index is 0.498. The number of aromatic nitrogens is 3. The summed E-state index contributed by atoms with van der Waals surface area (Å²) in [6.45, 7) is 2.98. The molecule has 4 heteroatoms. The summed E-state index contributed by atoms with van der Waals surface area (Å²) in [6, 6.07) is 5.36. The summed E-state index contributed by atoms with van der Waals surface area (Å²) in [5, 5.41) is 0. The minimum absolute atomic E-state index is 0.498. The van der Waals surface area contributed by atoms with Crippen molar-refractivity contribution < 1.29 is 0 Å². The lowest BCUT2D eigenvalue weighted by Gasteiger charge is -2.35. The predicted molar refractivity (Wildman–Crippen MR) is 76.0 cm³/mol. The van der Waals surface area contributed by atoms with Gasteiger partial charge in [-0.05, 0) is 37.5 Å². The molecule has 4 nitrogen and oxygen atoms in total. The number of pyridine rings is 1. The molecule has 2 aliphatic rings. The molecule has 0 spiro atoms. The summed E-state index contributed by atoms with van der Waals surface area (Å²) in [5.41, 5.74) is 3.96. The van der Waals surface area contributed by atoms with E-state index in [0.717, 1.165) is 18.8 Å². The van der Waals surface area contributed by atoms with Crippen LogP contribution in [-0.4, -0.2) is 25.9 Å². The van der Waals surface area contributed by atoms with Crippen molar-refractivity contribution in [3.63, 3.8) is 0 Å². The van der Waals surface area contributed by atoms with Gasteiger partial charge in [-0.1, -0.05) is 0 Å². The molecule has 2 aliphatic heterocycles. The molecule has 0 aliphatic carbocycles. The van der Waals surface area contributed by atoms with Crippen LogP contribution < -0.4 is 0 Å². The standard InChI is InChI=1S/C16H18N4/c1-11-18-9-14-15(19-11)8-13-2-3-16(14)20(13)10-12-4-6-17-7-5-12/h4-7,9,13,16H,2-3,8,10H2,1H3/t13-,16+/m0/s1. The van der Waals surface area contributed by atoms with Gasteiger partial charge in [-0.3, -0.25) is 9.88 Å². The molecule has 2 aromatic rings. The number of aryl methyl sites for hydroxylation is 1. The summed E-state index contributed by atoms with van der Waals surface area (Å²) >= 11 is 0. The quantitative estimate of drug-likeness (QED) is 0.837. The molecule has 2 aromatic heterocycles. The van der Waals surface area contributed by atoms with Crippen LogP contribution in [0.5, 0.6) is 0 Å². The molecular formula is C16H18N4. The van der Waals surface area contributed by atoms with Gasteiger partial charge in [-0.15, -0.1) is 0 Å². The van der Waals surface area contributed by atoms with Crippen LogP contribution in [0.2, 0.25) is 0 Å². The topological polar surface area (TPSA) is 41.9 Å². The number of fused-ring (bicyclic) bond motifs is 4. The molecule has 0 N–H and O–H groups in total. The predicted octanol–water partition coefficient (Wildman–Crippen LogP) is 2.44. The fourth-order valence-corrected chi connectivity index (χ4v) is 3.62. The second-order valence-electron chi connectivity index (χ2n) is 5.80. The third-order valence-electron chi connectivity index (χ3n) is 4.57. The summed E-state index contributed by atoms with van der Waals surface area (Å²) in [4.78, 5) is 15.8. The Hall–Kier alpha value is -1.81. The molecule has 0 radical (unpaired) electrons. The first kappa shape index (κ1) is 12.0. The molecule has 2 atom stereocenters. The molecule has 4 heterocycles. The average Bonchev–Trinajstić information content (AvgIpc) is 2.74. The van der Waals surface area contributed by atoms with Gasteiger partial charge < -0.3 is 0 Å². The van der Waals surface area contributed by atoms with Crippen LogP contribution in [0.25, 0.3) is 0 Å². The monoisotopic (exact) mass is 266 g/mol. The Labute approximate surface area is 118 Å². The van der Waals surface area contributed by atoms with E-state index >= 15 is 0 Å². The summed E-state index contributed by atoms with van der Waals surface area (Å²) < 4.78 is 0. The van der Waals surface area contributed by atoms with Crippen LogP contribution in [-0.2, 0) is 13.0 Å². The van der Waals surface area contributed by atoms with Crippen LogP contribution in [0.15, 0.2) is 30.7 Å². The van der Waals surface area contributed by atoms with E-state index in [1.807, 2.05) is 25.5 Å². The highest BCUT2D eigenvalue weighted by molar-refractivity contribution is 5.29. The van der Waals surface area contributed by atoms with Crippen LogP contribution in [0.4, 0.5) is 0 Å². The zero-order valence-corrected chi connectivity index (χ0v) is 11.7. The lowest BCUT2D eigenvalue weighted by Crippen LogP contribution is -2.37. The summed E-state index contributed by atoms with van der Waals surface area (Å²) in [5.74, 6) is 0.894. The van der Waals surface area contributed by atoms with Gasteiger partial charge in [0.05, 0.1) is 5.69 Å². The molecule has 1 saturated heterocycles. The van der Waals surface area contributed by atoms with Crippen LogP contribution in [0.1, 0.15) is 41.5 Å². The fourth-order valence-electron chi connectivity index (χ4n) is 3.62. The van der Waals surface area contributed by atoms with Crippen LogP contribution >= 0.6 is 0 Å². The van der Waals surface area contributed by atoms with E-state index in [9.17, 15) is 0 Å². The smallest absolute Gasteiger partial charge is 0.125 e. The SMILES string of the molecule is Cc1ncc2c(n1)C[C@@H]1CC[C@H]2N1Cc1ccncc1. The van der Waals surface area contributed by atoms with Crippen LogP contribution in [0, 0.1) is 6.92 Å². The van der Waals surface area contributed by atoms with E-state index in [1.165, 1.54) is 29.7 Å². The van der Waals surface area contributed by atoms with Crippen LogP contribution in [0.3, 0.4) is 0 Å². The van der Waals surface area contributed by atoms with Gasteiger partial charge in [0, 0.05) is 49.2 Å². The molecule has 0 amide bonds.